The van der Waals surface area contributed by atoms with Gasteiger partial charge in [0.2, 0.25) is 0 Å². The van der Waals surface area contributed by atoms with Gasteiger partial charge in [0.1, 0.15) is 5.82 Å². The number of hydrogen-bond donors (Lipinski definition) is 1. The minimum atomic E-state index is -3.07. The molecule has 2 saturated heterocycles. The Morgan fingerprint density at radius 1 is 1.24 bits per heavy atom. The van der Waals surface area contributed by atoms with Gasteiger partial charge in [0.05, 0.1) is 10.5 Å². The largest absolute Gasteiger partial charge is 0.354 e. The van der Waals surface area contributed by atoms with Gasteiger partial charge in [0.25, 0.3) is 0 Å². The topological polar surface area (TPSA) is 81.1 Å². The molecule has 1 aromatic rings. The minimum Gasteiger partial charge on any atom is -0.354 e. The fourth-order valence-corrected chi connectivity index (χ4v) is 4.98. The van der Waals surface area contributed by atoms with E-state index in [1.807, 2.05) is 17.2 Å². The summed E-state index contributed by atoms with van der Waals surface area (Å²) >= 11 is 0. The number of guanidine groups is 1. The van der Waals surface area contributed by atoms with E-state index in [0.29, 0.717) is 19.6 Å². The quantitative estimate of drug-likeness (QED) is 0.351. The molecular weight excluding hydrogens is 503 g/mol. The first-order valence-corrected chi connectivity index (χ1v) is 11.4. The fourth-order valence-electron chi connectivity index (χ4n) is 3.62. The fraction of sp³-hybridized carbons (Fsp3) is 0.684. The van der Waals surface area contributed by atoms with Crippen molar-refractivity contribution in [2.75, 3.05) is 64.0 Å². The molecule has 3 heterocycles. The molecule has 2 aliphatic heterocycles. The number of anilines is 1. The van der Waals surface area contributed by atoms with Crippen molar-refractivity contribution < 1.29 is 8.42 Å². The third-order valence-electron chi connectivity index (χ3n) is 5.64. The first-order chi connectivity index (χ1) is 13.2. The molecule has 0 atom stereocenters. The highest BCUT2D eigenvalue weighted by atomic mass is 127. The number of aromatic nitrogens is 1. The standard InChI is InChI=1S/C19H32N6O2S.HI/c1-19(2)15-25(11-12-28(19,26)27)18(20-3)22-14-16-5-6-21-17(13-16)24-9-7-23(4)8-10-24;/h5-6,13H,7-12,14-15H2,1-4H3,(H,20,22);1H. The van der Waals surface area contributed by atoms with Crippen LogP contribution in [-0.4, -0.2) is 93.0 Å². The number of rotatable bonds is 3. The van der Waals surface area contributed by atoms with E-state index in [2.05, 4.69) is 38.2 Å². The second-order valence-corrected chi connectivity index (χ2v) is 11.0. The van der Waals surface area contributed by atoms with E-state index in [1.165, 1.54) is 0 Å². The molecule has 0 aromatic carbocycles. The third-order valence-corrected chi connectivity index (χ3v) is 8.18. The van der Waals surface area contributed by atoms with E-state index in [4.69, 9.17) is 0 Å². The van der Waals surface area contributed by atoms with Crippen LogP contribution >= 0.6 is 24.0 Å². The maximum Gasteiger partial charge on any atom is 0.193 e. The Morgan fingerprint density at radius 3 is 2.55 bits per heavy atom. The van der Waals surface area contributed by atoms with Gasteiger partial charge in [-0.2, -0.15) is 0 Å². The van der Waals surface area contributed by atoms with Gasteiger partial charge >= 0.3 is 0 Å². The lowest BCUT2D eigenvalue weighted by atomic mass is 10.2. The van der Waals surface area contributed by atoms with Crippen molar-refractivity contribution in [2.24, 2.45) is 4.99 Å². The summed E-state index contributed by atoms with van der Waals surface area (Å²) in [5, 5.41) is 3.38. The van der Waals surface area contributed by atoms with Crippen LogP contribution in [0.15, 0.2) is 23.3 Å². The van der Waals surface area contributed by atoms with Crippen LogP contribution in [0.25, 0.3) is 0 Å². The molecule has 1 aromatic heterocycles. The number of hydrogen-bond acceptors (Lipinski definition) is 6. The maximum atomic E-state index is 12.2. The second-order valence-electron chi connectivity index (χ2n) is 8.21. The summed E-state index contributed by atoms with van der Waals surface area (Å²) in [4.78, 5) is 15.6. The van der Waals surface area contributed by atoms with Gasteiger partial charge in [-0.25, -0.2) is 13.4 Å². The molecular formula is C19H33IN6O2S. The van der Waals surface area contributed by atoms with Crippen LogP contribution in [0.3, 0.4) is 0 Å². The zero-order chi connectivity index (χ0) is 20.4. The van der Waals surface area contributed by atoms with Crippen molar-refractivity contribution in [1.82, 2.24) is 20.1 Å². The Morgan fingerprint density at radius 2 is 1.93 bits per heavy atom. The maximum absolute atomic E-state index is 12.2. The molecule has 0 amide bonds. The number of likely N-dealkylation sites (N-methyl/N-ethyl adjacent to an activating group) is 1. The lowest BCUT2D eigenvalue weighted by molar-refractivity contribution is 0.312. The number of nitrogens with zero attached hydrogens (tertiary/aromatic N) is 5. The summed E-state index contributed by atoms with van der Waals surface area (Å²) in [6, 6.07) is 4.13. The normalized spacial score (nSPS) is 22.1. The predicted octanol–water partition coefficient (Wildman–Crippen LogP) is 1.04. The summed E-state index contributed by atoms with van der Waals surface area (Å²) in [5.74, 6) is 1.90. The highest BCUT2D eigenvalue weighted by Gasteiger charge is 2.40. The number of piperazine rings is 1. The van der Waals surface area contributed by atoms with Crippen LogP contribution in [-0.2, 0) is 16.4 Å². The highest BCUT2D eigenvalue weighted by molar-refractivity contribution is 14.0. The van der Waals surface area contributed by atoms with Gasteiger partial charge in [-0.15, -0.1) is 24.0 Å². The molecule has 1 N–H and O–H groups in total. The van der Waals surface area contributed by atoms with E-state index < -0.39 is 14.6 Å². The summed E-state index contributed by atoms with van der Waals surface area (Å²) < 4.78 is 23.7. The average molecular weight is 536 g/mol. The first-order valence-electron chi connectivity index (χ1n) is 9.78. The summed E-state index contributed by atoms with van der Waals surface area (Å²) in [5.41, 5.74) is 1.13. The van der Waals surface area contributed by atoms with Gasteiger partial charge in [-0.1, -0.05) is 0 Å². The summed E-state index contributed by atoms with van der Waals surface area (Å²) in [7, 11) is 0.813. The van der Waals surface area contributed by atoms with Crippen LogP contribution in [0, 0.1) is 0 Å². The lowest BCUT2D eigenvalue weighted by Gasteiger charge is -2.39. The average Bonchev–Trinajstić information content (AvgIpc) is 2.66. The molecule has 2 fully saturated rings. The van der Waals surface area contributed by atoms with E-state index in [-0.39, 0.29) is 29.7 Å². The van der Waals surface area contributed by atoms with E-state index in [1.54, 1.807) is 20.9 Å². The van der Waals surface area contributed by atoms with Crippen LogP contribution in [0.4, 0.5) is 5.82 Å². The number of aliphatic imine (C=N–C) groups is 1. The van der Waals surface area contributed by atoms with Gasteiger partial charge in [0, 0.05) is 59.1 Å². The molecule has 0 bridgehead atoms. The number of sulfone groups is 1. The molecule has 0 unspecified atom stereocenters. The van der Waals surface area contributed by atoms with Crippen molar-refractivity contribution in [3.05, 3.63) is 23.9 Å². The monoisotopic (exact) mass is 536 g/mol. The van der Waals surface area contributed by atoms with Crippen LogP contribution < -0.4 is 10.2 Å². The zero-order valence-corrected chi connectivity index (χ0v) is 20.9. The molecule has 3 rings (SSSR count). The summed E-state index contributed by atoms with van der Waals surface area (Å²) in [6.07, 6.45) is 1.85. The van der Waals surface area contributed by atoms with E-state index >= 15 is 0 Å². The Labute approximate surface area is 191 Å². The molecule has 164 valence electrons. The zero-order valence-electron chi connectivity index (χ0n) is 17.8. The van der Waals surface area contributed by atoms with Crippen LogP contribution in [0.1, 0.15) is 19.4 Å². The van der Waals surface area contributed by atoms with Crippen molar-refractivity contribution in [3.63, 3.8) is 0 Å². The lowest BCUT2D eigenvalue weighted by Crippen LogP contribution is -2.57. The van der Waals surface area contributed by atoms with E-state index in [9.17, 15) is 8.42 Å². The minimum absolute atomic E-state index is 0. The Kier molecular flexibility index (Phi) is 8.14. The molecule has 29 heavy (non-hydrogen) atoms. The molecule has 8 nitrogen and oxygen atoms in total. The molecule has 0 aliphatic carbocycles. The Balaban J connectivity index is 0.00000300. The molecule has 0 saturated carbocycles. The second kappa shape index (κ2) is 9.78. The predicted molar refractivity (Wildman–Crippen MR) is 129 cm³/mol. The smallest absolute Gasteiger partial charge is 0.193 e. The van der Waals surface area contributed by atoms with Crippen molar-refractivity contribution in [3.8, 4) is 0 Å². The van der Waals surface area contributed by atoms with Crippen molar-refractivity contribution in [2.45, 2.75) is 25.1 Å². The molecule has 10 heteroatoms. The van der Waals surface area contributed by atoms with Crippen molar-refractivity contribution in [1.29, 1.82) is 0 Å². The van der Waals surface area contributed by atoms with E-state index in [0.717, 1.165) is 43.5 Å². The number of pyridine rings is 1. The third kappa shape index (κ3) is 5.72. The highest BCUT2D eigenvalue weighted by Crippen LogP contribution is 2.23. The number of nitrogens with one attached hydrogen (secondary N) is 1. The van der Waals surface area contributed by atoms with Crippen molar-refractivity contribution >= 4 is 45.6 Å². The SMILES string of the molecule is CN=C(NCc1ccnc(N2CCN(C)CC2)c1)N1CCS(=O)(=O)C(C)(C)C1.I. The molecule has 0 spiro atoms. The Bertz CT molecular complexity index is 822. The summed E-state index contributed by atoms with van der Waals surface area (Å²) in [6.45, 7) is 9.17. The molecule has 0 radical (unpaired) electrons. The van der Waals surface area contributed by atoms with Gasteiger partial charge in [-0.05, 0) is 38.6 Å². The Hall–Kier alpha value is -1.14. The van der Waals surface area contributed by atoms with Gasteiger partial charge in [0.15, 0.2) is 15.8 Å². The van der Waals surface area contributed by atoms with Gasteiger partial charge in [-0.3, -0.25) is 4.99 Å². The van der Waals surface area contributed by atoms with Crippen LogP contribution in [0.2, 0.25) is 0 Å². The molecule has 2 aliphatic rings. The number of halogens is 1. The van der Waals surface area contributed by atoms with Gasteiger partial charge < -0.3 is 20.0 Å². The van der Waals surface area contributed by atoms with Crippen LogP contribution in [0.5, 0.6) is 0 Å². The first kappa shape index (κ1) is 24.1.